The van der Waals surface area contributed by atoms with E-state index in [1.54, 1.807) is 0 Å². The summed E-state index contributed by atoms with van der Waals surface area (Å²) >= 11 is 0. The van der Waals surface area contributed by atoms with Gasteiger partial charge in [0.1, 0.15) is 6.10 Å². The Bertz CT molecular complexity index is 141. The van der Waals surface area contributed by atoms with Crippen molar-refractivity contribution in [2.45, 2.75) is 50.7 Å². The normalized spacial score (nSPS) is 36.8. The van der Waals surface area contributed by atoms with Crippen LogP contribution in [0.3, 0.4) is 0 Å². The minimum atomic E-state index is 0.187. The molecule has 0 aromatic rings. The molecule has 2 aliphatic rings. The lowest BCUT2D eigenvalue weighted by atomic mass is 9.86. The van der Waals surface area contributed by atoms with Gasteiger partial charge in [0.25, 0.3) is 0 Å². The highest BCUT2D eigenvalue weighted by Crippen LogP contribution is 2.34. The SMILES string of the molecule is OC[C@H]1O[C@H]1CC1CCCCC1. The number of aliphatic hydroxyl groups excluding tert-OH is 1. The van der Waals surface area contributed by atoms with E-state index < -0.39 is 0 Å². The summed E-state index contributed by atoms with van der Waals surface area (Å²) in [6, 6.07) is 0. The Kier molecular flexibility index (Phi) is 2.66. The predicted octanol–water partition coefficient (Wildman–Crippen LogP) is 1.72. The number of hydrogen-bond acceptors (Lipinski definition) is 2. The van der Waals surface area contributed by atoms with Crippen molar-refractivity contribution < 1.29 is 9.84 Å². The molecule has 1 saturated heterocycles. The molecule has 2 nitrogen and oxygen atoms in total. The van der Waals surface area contributed by atoms with E-state index in [0.717, 1.165) is 5.92 Å². The molecule has 2 heteroatoms. The fraction of sp³-hybridized carbons (Fsp3) is 1.00. The number of hydrogen-bond donors (Lipinski definition) is 1. The Labute approximate surface area is 73.9 Å². The average molecular weight is 170 g/mol. The highest BCUT2D eigenvalue weighted by atomic mass is 16.6. The third-order valence-corrected chi connectivity index (χ3v) is 3.16. The van der Waals surface area contributed by atoms with Gasteiger partial charge in [-0.1, -0.05) is 32.1 Å². The molecule has 12 heavy (non-hydrogen) atoms. The van der Waals surface area contributed by atoms with Crippen molar-refractivity contribution in [2.75, 3.05) is 6.61 Å². The van der Waals surface area contributed by atoms with Gasteiger partial charge in [-0.25, -0.2) is 0 Å². The van der Waals surface area contributed by atoms with E-state index in [1.165, 1.54) is 38.5 Å². The summed E-state index contributed by atoms with van der Waals surface area (Å²) in [4.78, 5) is 0. The monoisotopic (exact) mass is 170 g/mol. The van der Waals surface area contributed by atoms with E-state index in [-0.39, 0.29) is 12.7 Å². The average Bonchev–Trinajstić information content (AvgIpc) is 2.85. The van der Waals surface area contributed by atoms with E-state index in [1.807, 2.05) is 0 Å². The molecule has 0 aromatic heterocycles. The Balaban J connectivity index is 1.66. The first-order chi connectivity index (χ1) is 5.90. The van der Waals surface area contributed by atoms with Crippen molar-refractivity contribution in [3.8, 4) is 0 Å². The van der Waals surface area contributed by atoms with E-state index >= 15 is 0 Å². The van der Waals surface area contributed by atoms with Crippen molar-refractivity contribution >= 4 is 0 Å². The van der Waals surface area contributed by atoms with Crippen LogP contribution in [0.15, 0.2) is 0 Å². The quantitative estimate of drug-likeness (QED) is 0.654. The van der Waals surface area contributed by atoms with Crippen LogP contribution >= 0.6 is 0 Å². The Morgan fingerprint density at radius 1 is 1.08 bits per heavy atom. The number of aliphatic hydroxyl groups is 1. The molecule has 0 unspecified atom stereocenters. The van der Waals surface area contributed by atoms with E-state index in [2.05, 4.69) is 0 Å². The van der Waals surface area contributed by atoms with Crippen LogP contribution in [0.5, 0.6) is 0 Å². The molecule has 1 saturated carbocycles. The second kappa shape index (κ2) is 3.75. The lowest BCUT2D eigenvalue weighted by Crippen LogP contribution is -2.10. The zero-order valence-electron chi connectivity index (χ0n) is 7.54. The first-order valence-electron chi connectivity index (χ1n) is 5.16. The summed E-state index contributed by atoms with van der Waals surface area (Å²) in [6.07, 6.45) is 8.79. The van der Waals surface area contributed by atoms with Crippen molar-refractivity contribution in [2.24, 2.45) is 5.92 Å². The Morgan fingerprint density at radius 3 is 2.42 bits per heavy atom. The fourth-order valence-corrected chi connectivity index (χ4v) is 2.30. The molecule has 1 heterocycles. The van der Waals surface area contributed by atoms with Crippen LogP contribution in [0.2, 0.25) is 0 Å². The smallest absolute Gasteiger partial charge is 0.107 e. The number of epoxide rings is 1. The van der Waals surface area contributed by atoms with E-state index in [4.69, 9.17) is 9.84 Å². The molecule has 1 aliphatic carbocycles. The highest BCUT2D eigenvalue weighted by molar-refractivity contribution is 4.86. The van der Waals surface area contributed by atoms with Crippen LogP contribution in [0.4, 0.5) is 0 Å². The molecule has 0 aromatic carbocycles. The molecular weight excluding hydrogens is 152 g/mol. The van der Waals surface area contributed by atoms with Crippen LogP contribution in [-0.4, -0.2) is 23.9 Å². The summed E-state index contributed by atoms with van der Waals surface area (Å²) < 4.78 is 5.32. The lowest BCUT2D eigenvalue weighted by molar-refractivity contribution is 0.238. The van der Waals surface area contributed by atoms with Crippen molar-refractivity contribution in [3.05, 3.63) is 0 Å². The lowest BCUT2D eigenvalue weighted by Gasteiger charge is -2.20. The van der Waals surface area contributed by atoms with Gasteiger partial charge in [0.15, 0.2) is 0 Å². The molecule has 0 radical (unpaired) electrons. The van der Waals surface area contributed by atoms with Crippen molar-refractivity contribution in [3.63, 3.8) is 0 Å². The zero-order chi connectivity index (χ0) is 8.39. The maximum Gasteiger partial charge on any atom is 0.107 e. The second-order valence-electron chi connectivity index (χ2n) is 4.14. The van der Waals surface area contributed by atoms with Gasteiger partial charge in [-0.15, -0.1) is 0 Å². The first kappa shape index (κ1) is 8.52. The standard InChI is InChI=1S/C10H18O2/c11-7-10-9(12-10)6-8-4-2-1-3-5-8/h8-11H,1-7H2/t9-,10+/m0/s1. The largest absolute Gasteiger partial charge is 0.394 e. The summed E-state index contributed by atoms with van der Waals surface area (Å²) in [7, 11) is 0. The molecule has 1 N–H and O–H groups in total. The highest BCUT2D eigenvalue weighted by Gasteiger charge is 2.39. The minimum Gasteiger partial charge on any atom is -0.394 e. The molecule has 2 rings (SSSR count). The van der Waals surface area contributed by atoms with Gasteiger partial charge in [-0.3, -0.25) is 0 Å². The molecule has 70 valence electrons. The van der Waals surface area contributed by atoms with Crippen LogP contribution in [0.1, 0.15) is 38.5 Å². The molecule has 2 atom stereocenters. The number of ether oxygens (including phenoxy) is 1. The van der Waals surface area contributed by atoms with Gasteiger partial charge in [0, 0.05) is 0 Å². The third-order valence-electron chi connectivity index (χ3n) is 3.16. The van der Waals surface area contributed by atoms with Gasteiger partial charge < -0.3 is 9.84 Å². The summed E-state index contributed by atoms with van der Waals surface area (Å²) in [6.45, 7) is 0.220. The van der Waals surface area contributed by atoms with Crippen molar-refractivity contribution in [1.82, 2.24) is 0 Å². The van der Waals surface area contributed by atoms with Crippen LogP contribution < -0.4 is 0 Å². The predicted molar refractivity (Wildman–Crippen MR) is 46.9 cm³/mol. The second-order valence-corrected chi connectivity index (χ2v) is 4.14. The van der Waals surface area contributed by atoms with E-state index in [0.29, 0.717) is 6.10 Å². The van der Waals surface area contributed by atoms with Gasteiger partial charge in [0.05, 0.1) is 12.7 Å². The zero-order valence-corrected chi connectivity index (χ0v) is 7.54. The van der Waals surface area contributed by atoms with Crippen molar-refractivity contribution in [1.29, 1.82) is 0 Å². The Morgan fingerprint density at radius 2 is 1.83 bits per heavy atom. The summed E-state index contributed by atoms with van der Waals surface area (Å²) in [5.41, 5.74) is 0. The third kappa shape index (κ3) is 1.99. The summed E-state index contributed by atoms with van der Waals surface area (Å²) in [5.74, 6) is 0.889. The number of rotatable bonds is 3. The van der Waals surface area contributed by atoms with Crippen LogP contribution in [0.25, 0.3) is 0 Å². The maximum absolute atomic E-state index is 8.78. The molecule has 0 bridgehead atoms. The molecule has 1 aliphatic heterocycles. The topological polar surface area (TPSA) is 32.8 Å². The minimum absolute atomic E-state index is 0.187. The fourth-order valence-electron chi connectivity index (χ4n) is 2.30. The summed E-state index contributed by atoms with van der Waals surface area (Å²) in [5, 5.41) is 8.78. The van der Waals surface area contributed by atoms with Gasteiger partial charge in [-0.2, -0.15) is 0 Å². The molecule has 2 fully saturated rings. The van der Waals surface area contributed by atoms with Gasteiger partial charge in [0.2, 0.25) is 0 Å². The van der Waals surface area contributed by atoms with Crippen LogP contribution in [-0.2, 0) is 4.74 Å². The van der Waals surface area contributed by atoms with E-state index in [9.17, 15) is 0 Å². The molecular formula is C10H18O2. The van der Waals surface area contributed by atoms with Crippen LogP contribution in [0, 0.1) is 5.92 Å². The first-order valence-corrected chi connectivity index (χ1v) is 5.16. The Hall–Kier alpha value is -0.0800. The maximum atomic E-state index is 8.78. The molecule has 0 amide bonds. The van der Waals surface area contributed by atoms with Gasteiger partial charge in [-0.05, 0) is 12.3 Å². The molecule has 0 spiro atoms. The van der Waals surface area contributed by atoms with Gasteiger partial charge >= 0.3 is 0 Å².